The molecule has 1 unspecified atom stereocenters. The highest BCUT2D eigenvalue weighted by atomic mass is 79.9. The van der Waals surface area contributed by atoms with Crippen molar-refractivity contribution >= 4 is 15.9 Å². The topological polar surface area (TPSA) is 35.8 Å². The second-order valence-corrected chi connectivity index (χ2v) is 6.65. The van der Waals surface area contributed by atoms with Gasteiger partial charge in [-0.05, 0) is 56.2 Å². The minimum absolute atomic E-state index is 0.150. The third-order valence-corrected chi connectivity index (χ3v) is 4.19. The fourth-order valence-electron chi connectivity index (χ4n) is 2.45. The van der Waals surface area contributed by atoms with Crippen LogP contribution in [-0.4, -0.2) is 0 Å². The molecule has 1 N–H and O–H groups in total. The fourth-order valence-corrected chi connectivity index (χ4v) is 2.72. The maximum atomic E-state index is 9.01. The van der Waals surface area contributed by atoms with Gasteiger partial charge in [0.2, 0.25) is 0 Å². The van der Waals surface area contributed by atoms with Crippen LogP contribution in [0.2, 0.25) is 0 Å². The molecule has 0 amide bonds. The van der Waals surface area contributed by atoms with Crippen molar-refractivity contribution in [2.45, 2.75) is 32.4 Å². The lowest BCUT2D eigenvalue weighted by atomic mass is 9.92. The van der Waals surface area contributed by atoms with Crippen molar-refractivity contribution in [2.75, 3.05) is 0 Å². The first-order valence-electron chi connectivity index (χ1n) is 6.96. The van der Waals surface area contributed by atoms with Gasteiger partial charge in [0, 0.05) is 16.1 Å². The zero-order chi connectivity index (χ0) is 15.5. The molecule has 0 aliphatic heterocycles. The van der Waals surface area contributed by atoms with Crippen molar-refractivity contribution < 1.29 is 0 Å². The molecular formula is C18H19BrN2. The molecule has 0 aliphatic carbocycles. The number of nitrogens with one attached hydrogen (secondary N) is 1. The van der Waals surface area contributed by atoms with Crippen LogP contribution < -0.4 is 5.32 Å². The van der Waals surface area contributed by atoms with Crippen LogP contribution in [0.15, 0.2) is 53.0 Å². The first kappa shape index (κ1) is 15.8. The highest BCUT2D eigenvalue weighted by Gasteiger charge is 2.23. The Labute approximate surface area is 134 Å². The summed E-state index contributed by atoms with van der Waals surface area (Å²) in [6.07, 6.45) is 0. The van der Waals surface area contributed by atoms with E-state index in [2.05, 4.69) is 78.4 Å². The van der Waals surface area contributed by atoms with Crippen LogP contribution in [0, 0.1) is 11.3 Å². The molecule has 0 aromatic heterocycles. The summed E-state index contributed by atoms with van der Waals surface area (Å²) in [6.45, 7) is 6.46. The van der Waals surface area contributed by atoms with Gasteiger partial charge in [-0.1, -0.05) is 40.2 Å². The van der Waals surface area contributed by atoms with Crippen LogP contribution in [0.3, 0.4) is 0 Å². The molecule has 0 radical (unpaired) electrons. The summed E-state index contributed by atoms with van der Waals surface area (Å²) in [4.78, 5) is 0. The second kappa shape index (κ2) is 6.43. The molecule has 2 aromatic carbocycles. The third kappa shape index (κ3) is 3.93. The number of halogens is 1. The highest BCUT2D eigenvalue weighted by molar-refractivity contribution is 9.10. The van der Waals surface area contributed by atoms with Crippen LogP contribution >= 0.6 is 15.9 Å². The van der Waals surface area contributed by atoms with Crippen LogP contribution in [0.1, 0.15) is 43.5 Å². The zero-order valence-electron chi connectivity index (χ0n) is 12.5. The summed E-state index contributed by atoms with van der Waals surface area (Å²) in [6, 6.07) is 18.5. The molecule has 0 fully saturated rings. The number of benzene rings is 2. The largest absolute Gasteiger partial charge is 0.301 e. The number of nitriles is 1. The van der Waals surface area contributed by atoms with Crippen LogP contribution in [0.5, 0.6) is 0 Å². The molecule has 2 aromatic rings. The molecule has 0 saturated carbocycles. The van der Waals surface area contributed by atoms with Crippen LogP contribution in [0.4, 0.5) is 0 Å². The fraction of sp³-hybridized carbons (Fsp3) is 0.278. The smallest absolute Gasteiger partial charge is 0.0991 e. The Hall–Kier alpha value is -1.63. The summed E-state index contributed by atoms with van der Waals surface area (Å²) in [5.74, 6) is 0. The van der Waals surface area contributed by atoms with Crippen molar-refractivity contribution in [3.8, 4) is 6.07 Å². The normalized spacial score (nSPS) is 12.7. The van der Waals surface area contributed by atoms with Gasteiger partial charge in [-0.2, -0.15) is 5.26 Å². The number of rotatable bonds is 4. The minimum atomic E-state index is -0.150. The van der Waals surface area contributed by atoms with Crippen molar-refractivity contribution in [3.63, 3.8) is 0 Å². The lowest BCUT2D eigenvalue weighted by molar-refractivity contribution is 0.357. The van der Waals surface area contributed by atoms with Gasteiger partial charge in [-0.3, -0.25) is 0 Å². The lowest BCUT2D eigenvalue weighted by Gasteiger charge is -2.31. The van der Waals surface area contributed by atoms with Gasteiger partial charge in [0.15, 0.2) is 0 Å². The molecule has 2 rings (SSSR count). The Bertz CT molecular complexity index is 654. The summed E-state index contributed by atoms with van der Waals surface area (Å²) >= 11 is 3.46. The van der Waals surface area contributed by atoms with Crippen molar-refractivity contribution in [1.82, 2.24) is 5.32 Å². The van der Waals surface area contributed by atoms with E-state index in [4.69, 9.17) is 5.26 Å². The summed E-state index contributed by atoms with van der Waals surface area (Å²) < 4.78 is 1.08. The molecule has 0 heterocycles. The summed E-state index contributed by atoms with van der Waals surface area (Å²) in [5, 5.41) is 12.6. The number of hydrogen-bond acceptors (Lipinski definition) is 2. The van der Waals surface area contributed by atoms with E-state index in [1.54, 1.807) is 0 Å². The van der Waals surface area contributed by atoms with E-state index in [1.165, 1.54) is 5.56 Å². The van der Waals surface area contributed by atoms with E-state index in [0.717, 1.165) is 10.0 Å². The Kier molecular flexibility index (Phi) is 4.82. The van der Waals surface area contributed by atoms with Gasteiger partial charge in [0.05, 0.1) is 11.6 Å². The monoisotopic (exact) mass is 342 g/mol. The molecule has 2 nitrogen and oxygen atoms in total. The summed E-state index contributed by atoms with van der Waals surface area (Å²) in [5.41, 5.74) is 2.90. The quantitative estimate of drug-likeness (QED) is 0.856. The Morgan fingerprint density at radius 3 is 2.43 bits per heavy atom. The van der Waals surface area contributed by atoms with Crippen LogP contribution in [0.25, 0.3) is 0 Å². The standard InChI is InChI=1S/C18H19BrN2/c1-13(15-6-4-5-14(11-15)12-20)21-18(2,3)16-7-9-17(19)10-8-16/h4-11,13,21H,1-3H3. The van der Waals surface area contributed by atoms with Crippen molar-refractivity contribution in [2.24, 2.45) is 0 Å². The van der Waals surface area contributed by atoms with Crippen molar-refractivity contribution in [3.05, 3.63) is 69.7 Å². The molecule has 0 spiro atoms. The molecule has 0 saturated heterocycles. The zero-order valence-corrected chi connectivity index (χ0v) is 14.1. The molecule has 3 heteroatoms. The Morgan fingerprint density at radius 1 is 1.14 bits per heavy atom. The predicted molar refractivity (Wildman–Crippen MR) is 89.9 cm³/mol. The minimum Gasteiger partial charge on any atom is -0.301 e. The maximum Gasteiger partial charge on any atom is 0.0991 e. The van der Waals surface area contributed by atoms with E-state index >= 15 is 0 Å². The molecule has 0 bridgehead atoms. The predicted octanol–water partition coefficient (Wildman–Crippen LogP) is 4.91. The van der Waals surface area contributed by atoms with E-state index in [-0.39, 0.29) is 11.6 Å². The van der Waals surface area contributed by atoms with E-state index in [0.29, 0.717) is 5.56 Å². The maximum absolute atomic E-state index is 9.01. The molecule has 1 atom stereocenters. The van der Waals surface area contributed by atoms with E-state index < -0.39 is 0 Å². The lowest BCUT2D eigenvalue weighted by Crippen LogP contribution is -2.38. The average Bonchev–Trinajstić information content (AvgIpc) is 2.47. The second-order valence-electron chi connectivity index (χ2n) is 5.74. The molecule has 108 valence electrons. The van der Waals surface area contributed by atoms with E-state index in [1.807, 2.05) is 18.2 Å². The van der Waals surface area contributed by atoms with Gasteiger partial charge in [0.25, 0.3) is 0 Å². The van der Waals surface area contributed by atoms with Gasteiger partial charge in [-0.15, -0.1) is 0 Å². The highest BCUT2D eigenvalue weighted by Crippen LogP contribution is 2.26. The van der Waals surface area contributed by atoms with Crippen LogP contribution in [-0.2, 0) is 5.54 Å². The third-order valence-electron chi connectivity index (χ3n) is 3.66. The van der Waals surface area contributed by atoms with Gasteiger partial charge in [-0.25, -0.2) is 0 Å². The average molecular weight is 343 g/mol. The first-order valence-corrected chi connectivity index (χ1v) is 7.75. The van der Waals surface area contributed by atoms with E-state index in [9.17, 15) is 0 Å². The summed E-state index contributed by atoms with van der Waals surface area (Å²) in [7, 11) is 0. The molecule has 21 heavy (non-hydrogen) atoms. The molecular weight excluding hydrogens is 324 g/mol. The first-order chi connectivity index (χ1) is 9.92. The van der Waals surface area contributed by atoms with Gasteiger partial charge < -0.3 is 5.32 Å². The number of nitrogens with zero attached hydrogens (tertiary/aromatic N) is 1. The van der Waals surface area contributed by atoms with Gasteiger partial charge >= 0.3 is 0 Å². The Morgan fingerprint density at radius 2 is 1.81 bits per heavy atom. The number of hydrogen-bond donors (Lipinski definition) is 1. The Balaban J connectivity index is 2.19. The SMILES string of the molecule is CC(NC(C)(C)c1ccc(Br)cc1)c1cccc(C#N)c1. The molecule has 0 aliphatic rings. The van der Waals surface area contributed by atoms with Crippen molar-refractivity contribution in [1.29, 1.82) is 5.26 Å². The van der Waals surface area contributed by atoms with Gasteiger partial charge in [0.1, 0.15) is 0 Å².